The van der Waals surface area contributed by atoms with E-state index in [2.05, 4.69) is 22.2 Å². The molecule has 6 nitrogen and oxygen atoms in total. The second-order valence-electron chi connectivity index (χ2n) is 6.83. The van der Waals surface area contributed by atoms with Crippen LogP contribution in [0.1, 0.15) is 30.3 Å². The lowest BCUT2D eigenvalue weighted by Crippen LogP contribution is -2.38. The molecule has 0 unspecified atom stereocenters. The van der Waals surface area contributed by atoms with Crippen LogP contribution in [-0.2, 0) is 0 Å². The van der Waals surface area contributed by atoms with Gasteiger partial charge in [-0.05, 0) is 43.0 Å². The van der Waals surface area contributed by atoms with Gasteiger partial charge in [-0.2, -0.15) is 0 Å². The van der Waals surface area contributed by atoms with E-state index in [0.717, 1.165) is 37.3 Å². The fourth-order valence-electron chi connectivity index (χ4n) is 2.87. The van der Waals surface area contributed by atoms with Gasteiger partial charge in [0.2, 0.25) is 0 Å². The van der Waals surface area contributed by atoms with E-state index in [1.165, 1.54) is 0 Å². The number of rotatable bonds is 4. The number of hydrogen-bond donors (Lipinski definition) is 1. The molecule has 0 atom stereocenters. The number of nitrogens with one attached hydrogen (secondary N) is 1. The molecule has 0 saturated carbocycles. The van der Waals surface area contributed by atoms with Crippen LogP contribution in [0.25, 0.3) is 0 Å². The lowest BCUT2D eigenvalue weighted by Gasteiger charge is -2.29. The average Bonchev–Trinajstić information content (AvgIpc) is 2.63. The maximum Gasteiger partial charge on any atom is 0.274 e. The van der Waals surface area contributed by atoms with Gasteiger partial charge in [-0.25, -0.2) is 9.97 Å². The molecule has 0 radical (unpaired) electrons. The molecule has 0 aliphatic carbocycles. The molecule has 1 saturated heterocycles. The Kier molecular flexibility index (Phi) is 5.16. The molecule has 1 aromatic heterocycles. The zero-order valence-electron chi connectivity index (χ0n) is 15.1. The summed E-state index contributed by atoms with van der Waals surface area (Å²) >= 11 is 0. The number of carbonyl (C=O) groups excluding carboxylic acids is 1. The number of amides is 1. The Hall–Kier alpha value is -2.63. The van der Waals surface area contributed by atoms with E-state index in [4.69, 9.17) is 0 Å². The van der Waals surface area contributed by atoms with Crippen LogP contribution in [-0.4, -0.2) is 48.0 Å². The molecule has 6 heteroatoms. The van der Waals surface area contributed by atoms with E-state index in [-0.39, 0.29) is 5.91 Å². The highest BCUT2D eigenvalue weighted by atomic mass is 16.2. The SMILES string of the molecule is CC1CCN(C(=O)c2cnc(Nc3ccc(N(C)C)cc3)cn2)CC1. The molecule has 1 aromatic carbocycles. The van der Waals surface area contributed by atoms with Crippen molar-refractivity contribution in [1.29, 1.82) is 0 Å². The lowest BCUT2D eigenvalue weighted by atomic mass is 9.99. The Morgan fingerprint density at radius 1 is 1.12 bits per heavy atom. The summed E-state index contributed by atoms with van der Waals surface area (Å²) in [6, 6.07) is 8.05. The van der Waals surface area contributed by atoms with Crippen LogP contribution in [0.15, 0.2) is 36.7 Å². The van der Waals surface area contributed by atoms with Crippen molar-refractivity contribution in [3.63, 3.8) is 0 Å². The van der Waals surface area contributed by atoms with Crippen molar-refractivity contribution in [3.05, 3.63) is 42.4 Å². The predicted octanol–water partition coefficient (Wildman–Crippen LogP) is 3.16. The number of hydrogen-bond acceptors (Lipinski definition) is 5. The Morgan fingerprint density at radius 2 is 1.80 bits per heavy atom. The fraction of sp³-hybridized carbons (Fsp3) is 0.421. The van der Waals surface area contributed by atoms with E-state index in [1.54, 1.807) is 12.4 Å². The van der Waals surface area contributed by atoms with Crippen LogP contribution < -0.4 is 10.2 Å². The molecule has 1 amide bonds. The van der Waals surface area contributed by atoms with Gasteiger partial charge in [-0.15, -0.1) is 0 Å². The standard InChI is InChI=1S/C19H25N5O/c1-14-8-10-24(11-9-14)19(25)17-12-21-18(13-20-17)22-15-4-6-16(7-5-15)23(2)3/h4-7,12-14H,8-11H2,1-3H3,(H,21,22). The third-order valence-electron chi connectivity index (χ3n) is 4.60. The minimum absolute atomic E-state index is 0.0266. The molecule has 132 valence electrons. The predicted molar refractivity (Wildman–Crippen MR) is 100 cm³/mol. The van der Waals surface area contributed by atoms with Crippen LogP contribution in [0.3, 0.4) is 0 Å². The molecule has 2 aromatic rings. The fourth-order valence-corrected chi connectivity index (χ4v) is 2.87. The monoisotopic (exact) mass is 339 g/mol. The normalized spacial score (nSPS) is 15.1. The number of aromatic nitrogens is 2. The van der Waals surface area contributed by atoms with Crippen molar-refractivity contribution in [1.82, 2.24) is 14.9 Å². The number of piperidine rings is 1. The minimum Gasteiger partial charge on any atom is -0.378 e. The smallest absolute Gasteiger partial charge is 0.274 e. The van der Waals surface area contributed by atoms with Gasteiger partial charge in [0.05, 0.1) is 12.4 Å². The summed E-state index contributed by atoms with van der Waals surface area (Å²) in [6.45, 7) is 3.84. The van der Waals surface area contributed by atoms with Gasteiger partial charge in [-0.3, -0.25) is 4.79 Å². The van der Waals surface area contributed by atoms with E-state index in [0.29, 0.717) is 17.4 Å². The van der Waals surface area contributed by atoms with Crippen molar-refractivity contribution in [2.24, 2.45) is 5.92 Å². The summed E-state index contributed by atoms with van der Waals surface area (Å²) in [6.07, 6.45) is 5.28. The highest BCUT2D eigenvalue weighted by Crippen LogP contribution is 2.20. The Balaban J connectivity index is 1.62. The number of likely N-dealkylation sites (tertiary alicyclic amines) is 1. The first-order valence-corrected chi connectivity index (χ1v) is 8.68. The van der Waals surface area contributed by atoms with Gasteiger partial charge in [-0.1, -0.05) is 6.92 Å². The number of nitrogens with zero attached hydrogens (tertiary/aromatic N) is 4. The minimum atomic E-state index is -0.0266. The van der Waals surface area contributed by atoms with Crippen molar-refractivity contribution in [2.45, 2.75) is 19.8 Å². The van der Waals surface area contributed by atoms with Crippen molar-refractivity contribution in [3.8, 4) is 0 Å². The summed E-state index contributed by atoms with van der Waals surface area (Å²) in [5.41, 5.74) is 2.47. The average molecular weight is 339 g/mol. The number of carbonyl (C=O) groups is 1. The molecule has 3 rings (SSSR count). The first-order valence-electron chi connectivity index (χ1n) is 8.68. The zero-order valence-corrected chi connectivity index (χ0v) is 15.1. The topological polar surface area (TPSA) is 61.4 Å². The van der Waals surface area contributed by atoms with Crippen LogP contribution in [0.5, 0.6) is 0 Å². The third-order valence-corrected chi connectivity index (χ3v) is 4.60. The Morgan fingerprint density at radius 3 is 2.36 bits per heavy atom. The maximum atomic E-state index is 12.5. The van der Waals surface area contributed by atoms with Gasteiger partial charge in [0.25, 0.3) is 5.91 Å². The summed E-state index contributed by atoms with van der Waals surface area (Å²) in [7, 11) is 4.01. The number of anilines is 3. The molecule has 2 heterocycles. The quantitative estimate of drug-likeness (QED) is 0.927. The van der Waals surface area contributed by atoms with Gasteiger partial charge in [0, 0.05) is 38.6 Å². The highest BCUT2D eigenvalue weighted by Gasteiger charge is 2.22. The van der Waals surface area contributed by atoms with Crippen molar-refractivity contribution >= 4 is 23.1 Å². The van der Waals surface area contributed by atoms with E-state index in [1.807, 2.05) is 48.2 Å². The Labute approximate surface area is 148 Å². The van der Waals surface area contributed by atoms with Crippen molar-refractivity contribution in [2.75, 3.05) is 37.4 Å². The lowest BCUT2D eigenvalue weighted by molar-refractivity contribution is 0.0691. The molecular formula is C19H25N5O. The van der Waals surface area contributed by atoms with Crippen LogP contribution in [0, 0.1) is 5.92 Å². The largest absolute Gasteiger partial charge is 0.378 e. The summed E-state index contributed by atoms with van der Waals surface area (Å²) in [5, 5.41) is 3.20. The molecule has 25 heavy (non-hydrogen) atoms. The van der Waals surface area contributed by atoms with Gasteiger partial charge in [0.15, 0.2) is 0 Å². The van der Waals surface area contributed by atoms with Gasteiger partial charge < -0.3 is 15.1 Å². The summed E-state index contributed by atoms with van der Waals surface area (Å²) in [4.78, 5) is 25.0. The van der Waals surface area contributed by atoms with E-state index >= 15 is 0 Å². The second kappa shape index (κ2) is 7.51. The second-order valence-corrected chi connectivity index (χ2v) is 6.83. The molecule has 1 aliphatic rings. The molecule has 1 fully saturated rings. The van der Waals surface area contributed by atoms with Crippen LogP contribution >= 0.6 is 0 Å². The first-order chi connectivity index (χ1) is 12.0. The zero-order chi connectivity index (χ0) is 17.8. The van der Waals surface area contributed by atoms with Gasteiger partial charge >= 0.3 is 0 Å². The van der Waals surface area contributed by atoms with E-state index < -0.39 is 0 Å². The maximum absolute atomic E-state index is 12.5. The van der Waals surface area contributed by atoms with E-state index in [9.17, 15) is 4.79 Å². The summed E-state index contributed by atoms with van der Waals surface area (Å²) in [5.74, 6) is 1.29. The first kappa shape index (κ1) is 17.2. The molecular weight excluding hydrogens is 314 g/mol. The van der Waals surface area contributed by atoms with Crippen molar-refractivity contribution < 1.29 is 4.79 Å². The third kappa shape index (κ3) is 4.26. The molecule has 0 spiro atoms. The highest BCUT2D eigenvalue weighted by molar-refractivity contribution is 5.92. The van der Waals surface area contributed by atoms with Crippen LogP contribution in [0.4, 0.5) is 17.2 Å². The van der Waals surface area contributed by atoms with Crippen LogP contribution in [0.2, 0.25) is 0 Å². The Bertz CT molecular complexity index is 704. The molecule has 1 aliphatic heterocycles. The van der Waals surface area contributed by atoms with Gasteiger partial charge in [0.1, 0.15) is 11.5 Å². The summed E-state index contributed by atoms with van der Waals surface area (Å²) < 4.78 is 0. The molecule has 0 bridgehead atoms. The molecule has 1 N–H and O–H groups in total. The number of benzene rings is 1.